The number of furan rings is 1. The number of hydrogen-bond donors (Lipinski definition) is 0. The number of nitrogens with zero attached hydrogens (tertiary/aromatic N) is 2. The fraction of sp³-hybridized carbons (Fsp3) is 0.400. The van der Waals surface area contributed by atoms with Gasteiger partial charge in [0.25, 0.3) is 11.7 Å². The normalized spacial score (nSPS) is 18.2. The summed E-state index contributed by atoms with van der Waals surface area (Å²) < 4.78 is 10.2. The van der Waals surface area contributed by atoms with Crippen molar-refractivity contribution in [2.24, 2.45) is 0 Å². The Kier molecular flexibility index (Phi) is 3.37. The molecule has 1 saturated heterocycles. The molecule has 1 amide bonds. The molecule has 3 heterocycles. The van der Waals surface area contributed by atoms with E-state index in [-0.39, 0.29) is 11.8 Å². The highest BCUT2D eigenvalue weighted by Gasteiger charge is 2.37. The second-order valence-electron chi connectivity index (χ2n) is 5.20. The van der Waals surface area contributed by atoms with Gasteiger partial charge in [-0.2, -0.15) is 0 Å². The minimum Gasteiger partial charge on any atom is -0.461 e. The summed E-state index contributed by atoms with van der Waals surface area (Å²) in [4.78, 5) is 26.2. The number of ketones is 1. The van der Waals surface area contributed by atoms with E-state index in [0.717, 1.165) is 24.1 Å². The van der Waals surface area contributed by atoms with Crippen molar-refractivity contribution in [2.75, 3.05) is 6.54 Å². The third kappa shape index (κ3) is 2.26. The predicted octanol–water partition coefficient (Wildman–Crippen LogP) is 2.43. The third-order valence-corrected chi connectivity index (χ3v) is 3.87. The minimum absolute atomic E-state index is 0.0735. The van der Waals surface area contributed by atoms with Gasteiger partial charge in [-0.15, -0.1) is 0 Å². The van der Waals surface area contributed by atoms with E-state index in [1.807, 2.05) is 13.8 Å². The first-order valence-electron chi connectivity index (χ1n) is 6.91. The number of carbonyl (C=O) groups excluding carboxylic acids is 2. The lowest BCUT2D eigenvalue weighted by molar-refractivity contribution is -0.127. The van der Waals surface area contributed by atoms with Crippen LogP contribution in [0.3, 0.4) is 0 Å². The van der Waals surface area contributed by atoms with Crippen LogP contribution in [0.2, 0.25) is 0 Å². The largest absolute Gasteiger partial charge is 0.461 e. The van der Waals surface area contributed by atoms with Gasteiger partial charge in [0.2, 0.25) is 0 Å². The van der Waals surface area contributed by atoms with E-state index in [4.69, 9.17) is 8.94 Å². The van der Waals surface area contributed by atoms with Gasteiger partial charge in [-0.05, 0) is 38.8 Å². The second-order valence-corrected chi connectivity index (χ2v) is 5.20. The quantitative estimate of drug-likeness (QED) is 0.640. The van der Waals surface area contributed by atoms with Crippen molar-refractivity contribution in [1.29, 1.82) is 0 Å². The highest BCUT2D eigenvalue weighted by molar-refractivity contribution is 6.42. The lowest BCUT2D eigenvalue weighted by Gasteiger charge is -2.23. The molecule has 0 N–H and O–H groups in total. The van der Waals surface area contributed by atoms with Crippen LogP contribution in [-0.4, -0.2) is 28.3 Å². The molecule has 1 aliphatic heterocycles. The maximum atomic E-state index is 12.4. The van der Waals surface area contributed by atoms with Crippen LogP contribution in [0.5, 0.6) is 0 Å². The minimum atomic E-state index is -0.612. The summed E-state index contributed by atoms with van der Waals surface area (Å²) in [6.45, 7) is 4.23. The van der Waals surface area contributed by atoms with E-state index >= 15 is 0 Å². The predicted molar refractivity (Wildman–Crippen MR) is 72.7 cm³/mol. The van der Waals surface area contributed by atoms with Crippen molar-refractivity contribution in [3.8, 4) is 0 Å². The molecule has 1 atom stereocenters. The number of carbonyl (C=O) groups is 2. The summed E-state index contributed by atoms with van der Waals surface area (Å²) in [5.74, 6) is -0.377. The fourth-order valence-corrected chi connectivity index (χ4v) is 2.92. The van der Waals surface area contributed by atoms with E-state index in [1.54, 1.807) is 11.0 Å². The summed E-state index contributed by atoms with van der Waals surface area (Å²) in [7, 11) is 0. The summed E-state index contributed by atoms with van der Waals surface area (Å²) in [5.41, 5.74) is 1.68. The number of rotatable bonds is 3. The fourth-order valence-electron chi connectivity index (χ4n) is 2.92. The highest BCUT2D eigenvalue weighted by Crippen LogP contribution is 2.35. The smallest absolute Gasteiger partial charge is 0.298 e. The van der Waals surface area contributed by atoms with Crippen molar-refractivity contribution in [3.63, 3.8) is 0 Å². The Balaban J connectivity index is 1.88. The molecule has 110 valence electrons. The number of hydrogen-bond acceptors (Lipinski definition) is 5. The van der Waals surface area contributed by atoms with Crippen molar-refractivity contribution in [3.05, 3.63) is 41.2 Å². The van der Waals surface area contributed by atoms with Gasteiger partial charge in [0, 0.05) is 12.1 Å². The van der Waals surface area contributed by atoms with Gasteiger partial charge in [-0.25, -0.2) is 0 Å². The van der Waals surface area contributed by atoms with Gasteiger partial charge in [-0.1, -0.05) is 5.16 Å². The maximum absolute atomic E-state index is 12.4. The SMILES string of the molecule is Cc1noc(C)c1C1CCCN1C(=O)C(=O)c1ccco1. The monoisotopic (exact) mass is 288 g/mol. The molecule has 2 aromatic heterocycles. The lowest BCUT2D eigenvalue weighted by Crippen LogP contribution is -2.36. The summed E-state index contributed by atoms with van der Waals surface area (Å²) in [6.07, 6.45) is 3.04. The molecular formula is C15H16N2O4. The van der Waals surface area contributed by atoms with Crippen LogP contribution in [-0.2, 0) is 4.79 Å². The lowest BCUT2D eigenvalue weighted by atomic mass is 10.0. The summed E-state index contributed by atoms with van der Waals surface area (Å²) >= 11 is 0. The van der Waals surface area contributed by atoms with Crippen molar-refractivity contribution in [2.45, 2.75) is 32.7 Å². The van der Waals surface area contributed by atoms with E-state index in [0.29, 0.717) is 12.3 Å². The molecule has 0 radical (unpaired) electrons. The van der Waals surface area contributed by atoms with Gasteiger partial charge in [0.1, 0.15) is 5.76 Å². The molecule has 0 spiro atoms. The molecule has 6 nitrogen and oxygen atoms in total. The Morgan fingerprint density at radius 1 is 1.38 bits per heavy atom. The number of likely N-dealkylation sites (tertiary alicyclic amines) is 1. The van der Waals surface area contributed by atoms with E-state index < -0.39 is 11.7 Å². The van der Waals surface area contributed by atoms with Gasteiger partial charge in [0.15, 0.2) is 5.76 Å². The molecule has 1 aliphatic rings. The second kappa shape index (κ2) is 5.20. The first kappa shape index (κ1) is 13.6. The molecule has 2 aromatic rings. The first-order chi connectivity index (χ1) is 10.1. The van der Waals surface area contributed by atoms with Crippen molar-refractivity contribution >= 4 is 11.7 Å². The molecule has 0 aromatic carbocycles. The van der Waals surface area contributed by atoms with Crippen LogP contribution in [0, 0.1) is 13.8 Å². The molecule has 21 heavy (non-hydrogen) atoms. The molecule has 1 fully saturated rings. The Morgan fingerprint density at radius 2 is 2.19 bits per heavy atom. The first-order valence-corrected chi connectivity index (χ1v) is 6.91. The Hall–Kier alpha value is -2.37. The Labute approximate surface area is 121 Å². The average Bonchev–Trinajstić information content (AvgIpc) is 3.18. The van der Waals surface area contributed by atoms with Crippen LogP contribution in [0.1, 0.15) is 46.5 Å². The molecular weight excluding hydrogens is 272 g/mol. The summed E-state index contributed by atoms with van der Waals surface area (Å²) in [6, 6.07) is 2.94. The average molecular weight is 288 g/mol. The number of Topliss-reactive ketones (excluding diaryl/α,β-unsaturated/α-hetero) is 1. The third-order valence-electron chi connectivity index (χ3n) is 3.87. The van der Waals surface area contributed by atoms with Crippen molar-refractivity contribution < 1.29 is 18.5 Å². The molecule has 1 unspecified atom stereocenters. The van der Waals surface area contributed by atoms with Crippen molar-refractivity contribution in [1.82, 2.24) is 10.1 Å². The van der Waals surface area contributed by atoms with E-state index in [2.05, 4.69) is 5.16 Å². The Bertz CT molecular complexity index is 652. The number of aryl methyl sites for hydroxylation is 2. The number of aromatic nitrogens is 1. The van der Waals surface area contributed by atoms with Crippen LogP contribution in [0.25, 0.3) is 0 Å². The van der Waals surface area contributed by atoms with Crippen LogP contribution >= 0.6 is 0 Å². The number of amides is 1. The van der Waals surface area contributed by atoms with Gasteiger partial charge < -0.3 is 13.8 Å². The van der Waals surface area contributed by atoms with Crippen LogP contribution in [0.4, 0.5) is 0 Å². The zero-order chi connectivity index (χ0) is 15.0. The van der Waals surface area contributed by atoms with Crippen LogP contribution in [0.15, 0.2) is 27.3 Å². The molecule has 0 aliphatic carbocycles. The molecule has 0 saturated carbocycles. The molecule has 3 rings (SSSR count). The Morgan fingerprint density at radius 3 is 2.81 bits per heavy atom. The van der Waals surface area contributed by atoms with Gasteiger partial charge in [0.05, 0.1) is 18.0 Å². The van der Waals surface area contributed by atoms with E-state index in [9.17, 15) is 9.59 Å². The highest BCUT2D eigenvalue weighted by atomic mass is 16.5. The summed E-state index contributed by atoms with van der Waals surface area (Å²) in [5, 5.41) is 3.93. The standard InChI is InChI=1S/C15H16N2O4/c1-9-13(10(2)21-16-9)11-5-3-7-17(11)15(19)14(18)12-6-4-8-20-12/h4,6,8,11H,3,5,7H2,1-2H3. The molecule has 6 heteroatoms. The van der Waals surface area contributed by atoms with Gasteiger partial charge >= 0.3 is 0 Å². The van der Waals surface area contributed by atoms with E-state index in [1.165, 1.54) is 12.3 Å². The topological polar surface area (TPSA) is 76.6 Å². The maximum Gasteiger partial charge on any atom is 0.298 e. The van der Waals surface area contributed by atoms with Crippen LogP contribution < -0.4 is 0 Å². The zero-order valence-corrected chi connectivity index (χ0v) is 12.0. The molecule has 0 bridgehead atoms. The zero-order valence-electron chi connectivity index (χ0n) is 12.0. The van der Waals surface area contributed by atoms with Gasteiger partial charge in [-0.3, -0.25) is 9.59 Å².